The van der Waals surface area contributed by atoms with Crippen molar-refractivity contribution in [1.29, 1.82) is 0 Å². The van der Waals surface area contributed by atoms with E-state index < -0.39 is 5.79 Å². The van der Waals surface area contributed by atoms with E-state index in [9.17, 15) is 4.79 Å². The van der Waals surface area contributed by atoms with Gasteiger partial charge in [0.2, 0.25) is 5.79 Å². The molecule has 1 aliphatic rings. The van der Waals surface area contributed by atoms with Crippen molar-refractivity contribution in [3.8, 4) is 0 Å². The van der Waals surface area contributed by atoms with Crippen LogP contribution >= 0.6 is 0 Å². The van der Waals surface area contributed by atoms with Gasteiger partial charge in [0, 0.05) is 12.3 Å². The summed E-state index contributed by atoms with van der Waals surface area (Å²) in [6.07, 6.45) is 0. The molecule has 3 heteroatoms. The van der Waals surface area contributed by atoms with Crippen LogP contribution in [0.5, 0.6) is 0 Å². The molecule has 0 aromatic carbocycles. The highest BCUT2D eigenvalue weighted by Crippen LogP contribution is 2.37. The van der Waals surface area contributed by atoms with Crippen LogP contribution in [-0.2, 0) is 14.3 Å². The van der Waals surface area contributed by atoms with Crippen LogP contribution in [0.15, 0.2) is 0 Å². The molecular formula is C8H14O3. The molecule has 0 saturated carbocycles. The third kappa shape index (κ3) is 1.38. The molecule has 1 aliphatic heterocycles. The van der Waals surface area contributed by atoms with E-state index >= 15 is 0 Å². The molecule has 0 bridgehead atoms. The molecule has 0 N–H and O–H groups in total. The second-order valence-electron chi connectivity index (χ2n) is 3.96. The van der Waals surface area contributed by atoms with Crippen molar-refractivity contribution < 1.29 is 14.3 Å². The van der Waals surface area contributed by atoms with Gasteiger partial charge in [-0.2, -0.15) is 0 Å². The fourth-order valence-electron chi connectivity index (χ4n) is 0.842. The molecular weight excluding hydrogens is 144 g/mol. The van der Waals surface area contributed by atoms with Gasteiger partial charge in [-0.15, -0.1) is 0 Å². The largest absolute Gasteiger partial charge is 0.431 e. The van der Waals surface area contributed by atoms with Crippen molar-refractivity contribution in [2.75, 3.05) is 6.61 Å². The standard InChI is InChI=1S/C8H14O3/c1-7(2,3)8(4)10-5-6(9)11-8/h5H2,1-4H3/t8-/m1/s1. The smallest absolute Gasteiger partial charge is 0.334 e. The molecule has 1 saturated heterocycles. The molecule has 0 amide bonds. The second kappa shape index (κ2) is 2.21. The van der Waals surface area contributed by atoms with Crippen molar-refractivity contribution >= 4 is 5.97 Å². The summed E-state index contributed by atoms with van der Waals surface area (Å²) >= 11 is 0. The van der Waals surface area contributed by atoms with Gasteiger partial charge in [0.1, 0.15) is 6.61 Å². The van der Waals surface area contributed by atoms with E-state index in [0.717, 1.165) is 0 Å². The van der Waals surface area contributed by atoms with Crippen LogP contribution in [0.25, 0.3) is 0 Å². The Hall–Kier alpha value is -0.570. The van der Waals surface area contributed by atoms with Gasteiger partial charge in [-0.25, -0.2) is 4.79 Å². The van der Waals surface area contributed by atoms with Crippen LogP contribution in [0.1, 0.15) is 27.7 Å². The van der Waals surface area contributed by atoms with E-state index in [1.54, 1.807) is 6.92 Å². The van der Waals surface area contributed by atoms with E-state index in [4.69, 9.17) is 9.47 Å². The Kier molecular flexibility index (Phi) is 1.71. The van der Waals surface area contributed by atoms with E-state index in [-0.39, 0.29) is 18.0 Å². The van der Waals surface area contributed by atoms with Gasteiger partial charge in [-0.3, -0.25) is 0 Å². The molecule has 0 unspecified atom stereocenters. The van der Waals surface area contributed by atoms with Crippen molar-refractivity contribution in [1.82, 2.24) is 0 Å². The Balaban J connectivity index is 2.77. The van der Waals surface area contributed by atoms with Gasteiger partial charge in [-0.1, -0.05) is 20.8 Å². The van der Waals surface area contributed by atoms with Gasteiger partial charge in [0.25, 0.3) is 0 Å². The molecule has 1 heterocycles. The maximum Gasteiger partial charge on any atom is 0.334 e. The Labute approximate surface area is 66.7 Å². The third-order valence-electron chi connectivity index (χ3n) is 2.14. The van der Waals surface area contributed by atoms with Gasteiger partial charge < -0.3 is 9.47 Å². The summed E-state index contributed by atoms with van der Waals surface area (Å²) in [5.41, 5.74) is -0.167. The first-order valence-corrected chi connectivity index (χ1v) is 3.71. The average Bonchev–Trinajstić information content (AvgIpc) is 2.10. The molecule has 0 spiro atoms. The number of hydrogen-bond acceptors (Lipinski definition) is 3. The Morgan fingerprint density at radius 3 is 2.18 bits per heavy atom. The highest BCUT2D eigenvalue weighted by molar-refractivity contribution is 5.72. The molecule has 0 aromatic heterocycles. The first kappa shape index (κ1) is 8.53. The number of ether oxygens (including phenoxy) is 2. The Morgan fingerprint density at radius 2 is 2.00 bits per heavy atom. The summed E-state index contributed by atoms with van der Waals surface area (Å²) in [5.74, 6) is -1.02. The van der Waals surface area contributed by atoms with Crippen LogP contribution in [0.2, 0.25) is 0 Å². The normalized spacial score (nSPS) is 32.2. The first-order valence-electron chi connectivity index (χ1n) is 3.71. The minimum atomic E-state index is -0.746. The zero-order chi connectivity index (χ0) is 8.70. The minimum absolute atomic E-state index is 0.0772. The molecule has 3 nitrogen and oxygen atoms in total. The van der Waals surface area contributed by atoms with E-state index in [0.29, 0.717) is 0 Å². The Morgan fingerprint density at radius 1 is 1.45 bits per heavy atom. The zero-order valence-electron chi connectivity index (χ0n) is 7.43. The van der Waals surface area contributed by atoms with Gasteiger partial charge in [0.15, 0.2) is 0 Å². The fourth-order valence-corrected chi connectivity index (χ4v) is 0.842. The van der Waals surface area contributed by atoms with Crippen molar-refractivity contribution in [2.45, 2.75) is 33.5 Å². The summed E-state index contributed by atoms with van der Waals surface area (Å²) in [5, 5.41) is 0. The van der Waals surface area contributed by atoms with Gasteiger partial charge >= 0.3 is 5.97 Å². The SMILES string of the molecule is CC(C)(C)[C@]1(C)OCC(=O)O1. The van der Waals surface area contributed by atoms with Crippen LogP contribution < -0.4 is 0 Å². The highest BCUT2D eigenvalue weighted by atomic mass is 16.8. The number of cyclic esters (lactones) is 1. The van der Waals surface area contributed by atoms with Crippen LogP contribution in [0.3, 0.4) is 0 Å². The third-order valence-corrected chi connectivity index (χ3v) is 2.14. The molecule has 0 radical (unpaired) electrons. The average molecular weight is 158 g/mol. The molecule has 0 aliphatic carbocycles. The lowest BCUT2D eigenvalue weighted by Gasteiger charge is -2.34. The lowest BCUT2D eigenvalue weighted by molar-refractivity contribution is -0.210. The number of hydrogen-bond donors (Lipinski definition) is 0. The van der Waals surface area contributed by atoms with Crippen molar-refractivity contribution in [3.63, 3.8) is 0 Å². The minimum Gasteiger partial charge on any atom is -0.431 e. The number of carbonyl (C=O) groups is 1. The second-order valence-corrected chi connectivity index (χ2v) is 3.96. The summed E-state index contributed by atoms with van der Waals surface area (Å²) in [6.45, 7) is 7.80. The monoisotopic (exact) mass is 158 g/mol. The molecule has 11 heavy (non-hydrogen) atoms. The van der Waals surface area contributed by atoms with Crippen molar-refractivity contribution in [3.05, 3.63) is 0 Å². The maximum absolute atomic E-state index is 10.8. The van der Waals surface area contributed by atoms with Crippen LogP contribution in [0, 0.1) is 5.41 Å². The summed E-state index contributed by atoms with van der Waals surface area (Å²) < 4.78 is 10.3. The lowest BCUT2D eigenvalue weighted by Crippen LogP contribution is -2.41. The predicted octanol–water partition coefficient (Wildman–Crippen LogP) is 1.32. The van der Waals surface area contributed by atoms with Gasteiger partial charge in [-0.05, 0) is 0 Å². The fraction of sp³-hybridized carbons (Fsp3) is 0.875. The molecule has 1 fully saturated rings. The van der Waals surface area contributed by atoms with E-state index in [1.807, 2.05) is 20.8 Å². The zero-order valence-corrected chi connectivity index (χ0v) is 7.43. The quantitative estimate of drug-likeness (QED) is 0.499. The summed E-state index contributed by atoms with van der Waals surface area (Å²) in [4.78, 5) is 10.8. The number of carbonyl (C=O) groups excluding carboxylic acids is 1. The molecule has 1 rings (SSSR count). The predicted molar refractivity (Wildman–Crippen MR) is 39.9 cm³/mol. The van der Waals surface area contributed by atoms with Gasteiger partial charge in [0.05, 0.1) is 0 Å². The summed E-state index contributed by atoms with van der Waals surface area (Å²) in [7, 11) is 0. The summed E-state index contributed by atoms with van der Waals surface area (Å²) in [6, 6.07) is 0. The number of esters is 1. The molecule has 64 valence electrons. The Bertz CT molecular complexity index is 180. The van der Waals surface area contributed by atoms with Crippen molar-refractivity contribution in [2.24, 2.45) is 5.41 Å². The molecule has 0 aromatic rings. The van der Waals surface area contributed by atoms with E-state index in [1.165, 1.54) is 0 Å². The van der Waals surface area contributed by atoms with Crippen LogP contribution in [0.4, 0.5) is 0 Å². The molecule has 1 atom stereocenters. The maximum atomic E-state index is 10.8. The van der Waals surface area contributed by atoms with E-state index in [2.05, 4.69) is 0 Å². The van der Waals surface area contributed by atoms with Crippen LogP contribution in [-0.4, -0.2) is 18.4 Å². The number of rotatable bonds is 0. The topological polar surface area (TPSA) is 35.5 Å². The lowest BCUT2D eigenvalue weighted by atomic mass is 9.87. The first-order chi connectivity index (χ1) is 4.85. The highest BCUT2D eigenvalue weighted by Gasteiger charge is 2.47.